The number of rotatable bonds is 3. The van der Waals surface area contributed by atoms with Gasteiger partial charge in [0.25, 0.3) is 0 Å². The van der Waals surface area contributed by atoms with Gasteiger partial charge in [-0.1, -0.05) is 30.3 Å². The number of likely N-dealkylation sites (tertiary alicyclic amines) is 1. The van der Waals surface area contributed by atoms with E-state index in [1.54, 1.807) is 11.3 Å². The minimum absolute atomic E-state index is 0.246. The van der Waals surface area contributed by atoms with E-state index in [4.69, 9.17) is 4.98 Å². The smallest absolute Gasteiger partial charge is 0.226 e. The Bertz CT molecular complexity index is 832. The van der Waals surface area contributed by atoms with Crippen molar-refractivity contribution in [2.45, 2.75) is 25.7 Å². The van der Waals surface area contributed by atoms with Crippen molar-refractivity contribution >= 4 is 27.5 Å². The predicted octanol–water partition coefficient (Wildman–Crippen LogP) is 4.52. The number of fused-ring (bicyclic) bond motifs is 1. The summed E-state index contributed by atoms with van der Waals surface area (Å²) in [6.45, 7) is 1.83. The largest absolute Gasteiger partial charge is 0.342 e. The molecule has 3 nitrogen and oxygen atoms in total. The summed E-state index contributed by atoms with van der Waals surface area (Å²) in [6, 6.07) is 16.4. The van der Waals surface area contributed by atoms with E-state index in [1.165, 1.54) is 11.1 Å². The number of carbonyl (C=O) groups is 1. The van der Waals surface area contributed by atoms with Gasteiger partial charge in [0.1, 0.15) is 5.01 Å². The number of piperidine rings is 1. The average molecular weight is 336 g/mol. The molecule has 0 atom stereocenters. The Balaban J connectivity index is 1.55. The Morgan fingerprint density at radius 1 is 1.04 bits per heavy atom. The molecule has 1 amide bonds. The topological polar surface area (TPSA) is 33.2 Å². The molecule has 0 aliphatic carbocycles. The van der Waals surface area contributed by atoms with Crippen LogP contribution in [0.2, 0.25) is 0 Å². The van der Waals surface area contributed by atoms with Gasteiger partial charge in [-0.25, -0.2) is 4.98 Å². The van der Waals surface area contributed by atoms with Crippen molar-refractivity contribution < 1.29 is 4.79 Å². The normalized spacial score (nSPS) is 14.9. The van der Waals surface area contributed by atoms with E-state index in [0.717, 1.165) is 47.6 Å². The summed E-state index contributed by atoms with van der Waals surface area (Å²) in [5, 5.41) is 1.02. The number of aromatic nitrogens is 1. The highest BCUT2D eigenvalue weighted by molar-refractivity contribution is 7.21. The molecule has 0 spiro atoms. The van der Waals surface area contributed by atoms with E-state index in [9.17, 15) is 4.79 Å². The van der Waals surface area contributed by atoms with Gasteiger partial charge in [0.2, 0.25) is 5.91 Å². The number of carbonyl (C=O) groups excluding carboxylic acids is 1. The van der Waals surface area contributed by atoms with Crippen molar-refractivity contribution in [3.63, 3.8) is 0 Å². The molecule has 1 aliphatic rings. The fraction of sp³-hybridized carbons (Fsp3) is 0.300. The molecule has 24 heavy (non-hydrogen) atoms. The van der Waals surface area contributed by atoms with Crippen molar-refractivity contribution in [3.8, 4) is 10.6 Å². The summed E-state index contributed by atoms with van der Waals surface area (Å²) in [5.74, 6) is 0.246. The minimum atomic E-state index is 0.246. The van der Waals surface area contributed by atoms with Gasteiger partial charge in [-0.05, 0) is 43.0 Å². The highest BCUT2D eigenvalue weighted by Crippen LogP contribution is 2.30. The highest BCUT2D eigenvalue weighted by atomic mass is 32.1. The van der Waals surface area contributed by atoms with Gasteiger partial charge < -0.3 is 4.90 Å². The Labute approximate surface area is 146 Å². The van der Waals surface area contributed by atoms with Crippen LogP contribution in [0.15, 0.2) is 48.5 Å². The van der Waals surface area contributed by atoms with Crippen LogP contribution in [0, 0.1) is 0 Å². The number of hydrogen-bond donors (Lipinski definition) is 0. The standard InChI is InChI=1S/C20H20N2OS/c23-19(22-11-4-1-5-12-22)14-15-7-6-8-16(13-15)20-21-17-9-2-3-10-18(17)24-20/h2-3,6-10,13H,1,4-5,11-12,14H2. The van der Waals surface area contributed by atoms with E-state index in [-0.39, 0.29) is 5.91 Å². The number of hydrogen-bond acceptors (Lipinski definition) is 3. The third kappa shape index (κ3) is 3.20. The Morgan fingerprint density at radius 3 is 2.71 bits per heavy atom. The molecule has 1 fully saturated rings. The molecular weight excluding hydrogens is 316 g/mol. The first-order valence-corrected chi connectivity index (χ1v) is 9.34. The number of amides is 1. The minimum Gasteiger partial charge on any atom is -0.342 e. The Hall–Kier alpha value is -2.20. The van der Waals surface area contributed by atoms with Crippen molar-refractivity contribution in [1.82, 2.24) is 9.88 Å². The van der Waals surface area contributed by atoms with Crippen LogP contribution in [0.25, 0.3) is 20.8 Å². The van der Waals surface area contributed by atoms with E-state index < -0.39 is 0 Å². The Kier molecular flexibility index (Phi) is 4.30. The summed E-state index contributed by atoms with van der Waals surface area (Å²) in [7, 11) is 0. The van der Waals surface area contributed by atoms with Crippen molar-refractivity contribution in [3.05, 3.63) is 54.1 Å². The fourth-order valence-corrected chi connectivity index (χ4v) is 4.20. The van der Waals surface area contributed by atoms with E-state index in [2.05, 4.69) is 18.2 Å². The maximum atomic E-state index is 12.5. The van der Waals surface area contributed by atoms with Gasteiger partial charge in [-0.2, -0.15) is 0 Å². The second-order valence-electron chi connectivity index (χ2n) is 6.31. The van der Waals surface area contributed by atoms with Gasteiger partial charge in [0.05, 0.1) is 16.6 Å². The van der Waals surface area contributed by atoms with E-state index >= 15 is 0 Å². The van der Waals surface area contributed by atoms with Crippen LogP contribution in [0.5, 0.6) is 0 Å². The average Bonchev–Trinajstić information content (AvgIpc) is 3.07. The van der Waals surface area contributed by atoms with Crippen LogP contribution >= 0.6 is 11.3 Å². The molecule has 0 unspecified atom stereocenters. The fourth-order valence-electron chi connectivity index (χ4n) is 3.24. The lowest BCUT2D eigenvalue weighted by Gasteiger charge is -2.26. The third-order valence-corrected chi connectivity index (χ3v) is 5.62. The van der Waals surface area contributed by atoms with Crippen LogP contribution in [0.1, 0.15) is 24.8 Å². The lowest BCUT2D eigenvalue weighted by molar-refractivity contribution is -0.131. The molecule has 1 aliphatic heterocycles. The lowest BCUT2D eigenvalue weighted by Crippen LogP contribution is -2.36. The van der Waals surface area contributed by atoms with Crippen LogP contribution in [0.4, 0.5) is 0 Å². The third-order valence-electron chi connectivity index (χ3n) is 4.53. The van der Waals surface area contributed by atoms with Crippen molar-refractivity contribution in [2.24, 2.45) is 0 Å². The molecular formula is C20H20N2OS. The Morgan fingerprint density at radius 2 is 1.88 bits per heavy atom. The number of nitrogens with zero attached hydrogens (tertiary/aromatic N) is 2. The summed E-state index contributed by atoms with van der Waals surface area (Å²) in [5.41, 5.74) is 3.20. The highest BCUT2D eigenvalue weighted by Gasteiger charge is 2.17. The number of para-hydroxylation sites is 1. The van der Waals surface area contributed by atoms with Gasteiger partial charge >= 0.3 is 0 Å². The maximum Gasteiger partial charge on any atom is 0.226 e. The first-order chi connectivity index (χ1) is 11.8. The van der Waals surface area contributed by atoms with Gasteiger partial charge in [-0.15, -0.1) is 11.3 Å². The zero-order valence-corrected chi connectivity index (χ0v) is 14.4. The summed E-state index contributed by atoms with van der Waals surface area (Å²) in [4.78, 5) is 19.2. The van der Waals surface area contributed by atoms with Crippen molar-refractivity contribution in [1.29, 1.82) is 0 Å². The van der Waals surface area contributed by atoms with Crippen LogP contribution < -0.4 is 0 Å². The second kappa shape index (κ2) is 6.73. The first kappa shape index (κ1) is 15.3. The number of thiazole rings is 1. The van der Waals surface area contributed by atoms with Crippen LogP contribution in [0.3, 0.4) is 0 Å². The number of benzene rings is 2. The molecule has 0 radical (unpaired) electrons. The lowest BCUT2D eigenvalue weighted by atomic mass is 10.1. The molecule has 0 bridgehead atoms. The summed E-state index contributed by atoms with van der Waals surface area (Å²) < 4.78 is 1.20. The van der Waals surface area contributed by atoms with Crippen LogP contribution in [-0.2, 0) is 11.2 Å². The molecule has 1 saturated heterocycles. The van der Waals surface area contributed by atoms with Gasteiger partial charge in [0, 0.05) is 18.7 Å². The van der Waals surface area contributed by atoms with Crippen molar-refractivity contribution in [2.75, 3.05) is 13.1 Å². The predicted molar refractivity (Wildman–Crippen MR) is 99.2 cm³/mol. The quantitative estimate of drug-likeness (QED) is 0.704. The summed E-state index contributed by atoms with van der Waals surface area (Å²) >= 11 is 1.70. The molecule has 4 heteroatoms. The molecule has 2 aromatic carbocycles. The van der Waals surface area contributed by atoms with Gasteiger partial charge in [0.15, 0.2) is 0 Å². The van der Waals surface area contributed by atoms with E-state index in [0.29, 0.717) is 6.42 Å². The molecule has 1 aromatic heterocycles. The molecule has 0 N–H and O–H groups in total. The zero-order chi connectivity index (χ0) is 16.4. The van der Waals surface area contributed by atoms with E-state index in [1.807, 2.05) is 35.2 Å². The molecule has 4 rings (SSSR count). The van der Waals surface area contributed by atoms with Gasteiger partial charge in [-0.3, -0.25) is 4.79 Å². The molecule has 3 aromatic rings. The SMILES string of the molecule is O=C(Cc1cccc(-c2nc3ccccc3s2)c1)N1CCCCC1. The molecule has 2 heterocycles. The molecule has 0 saturated carbocycles. The second-order valence-corrected chi connectivity index (χ2v) is 7.34. The monoisotopic (exact) mass is 336 g/mol. The van der Waals surface area contributed by atoms with Crippen LogP contribution in [-0.4, -0.2) is 28.9 Å². The zero-order valence-electron chi connectivity index (χ0n) is 13.6. The first-order valence-electron chi connectivity index (χ1n) is 8.52. The maximum absolute atomic E-state index is 12.5. The summed E-state index contributed by atoms with van der Waals surface area (Å²) in [6.07, 6.45) is 4.00. The molecule has 122 valence electrons.